The van der Waals surface area contributed by atoms with E-state index >= 15 is 0 Å². The molecule has 0 aromatic rings. The van der Waals surface area contributed by atoms with Crippen LogP contribution in [0.15, 0.2) is 0 Å². The maximum Gasteiger partial charge on any atom is 0.267 e. The van der Waals surface area contributed by atoms with Gasteiger partial charge in [0.05, 0.1) is 11.3 Å². The lowest BCUT2D eigenvalue weighted by atomic mass is 10.1. The summed E-state index contributed by atoms with van der Waals surface area (Å²) < 4.78 is 30.7. The Morgan fingerprint density at radius 1 is 1.50 bits per heavy atom. The summed E-state index contributed by atoms with van der Waals surface area (Å²) in [5.74, 6) is -0.977. The minimum atomic E-state index is -4.15. The molecule has 0 aliphatic carbocycles. The summed E-state index contributed by atoms with van der Waals surface area (Å²) in [6.45, 7) is 4.53. The van der Waals surface area contributed by atoms with Crippen LogP contribution in [0.1, 0.15) is 27.2 Å². The molecular weight excluding hydrogens is 230 g/mol. The normalized spacial score (nSPS) is 12.6. The number of carbonyl (C=O) groups is 1. The lowest BCUT2D eigenvalue weighted by Gasteiger charge is -2.31. The second-order valence-electron chi connectivity index (χ2n) is 3.57. The molecule has 0 rings (SSSR count). The SMILES string of the molecule is CCC(=O)N(Cl)C(C)(C)CS(=O)(=O)O. The van der Waals surface area contributed by atoms with Gasteiger partial charge in [-0.3, -0.25) is 9.35 Å². The van der Waals surface area contributed by atoms with Crippen LogP contribution in [0.2, 0.25) is 0 Å². The molecule has 0 bridgehead atoms. The lowest BCUT2D eigenvalue weighted by Crippen LogP contribution is -2.46. The molecule has 7 heteroatoms. The van der Waals surface area contributed by atoms with Crippen molar-refractivity contribution in [2.24, 2.45) is 0 Å². The molecular formula is C7H14ClNO4S. The van der Waals surface area contributed by atoms with Crippen LogP contribution in [-0.4, -0.2) is 34.6 Å². The van der Waals surface area contributed by atoms with Crippen LogP contribution in [-0.2, 0) is 14.9 Å². The van der Waals surface area contributed by atoms with E-state index < -0.39 is 21.4 Å². The van der Waals surface area contributed by atoms with Gasteiger partial charge in [-0.1, -0.05) is 6.92 Å². The second kappa shape index (κ2) is 4.46. The zero-order valence-corrected chi connectivity index (χ0v) is 9.89. The van der Waals surface area contributed by atoms with E-state index in [4.69, 9.17) is 16.3 Å². The predicted molar refractivity (Wildman–Crippen MR) is 53.5 cm³/mol. The molecule has 0 aliphatic heterocycles. The third-order valence-electron chi connectivity index (χ3n) is 1.59. The van der Waals surface area contributed by atoms with Crippen LogP contribution in [0.3, 0.4) is 0 Å². The quantitative estimate of drug-likeness (QED) is 0.592. The summed E-state index contributed by atoms with van der Waals surface area (Å²) in [5, 5.41) is 0. The van der Waals surface area contributed by atoms with Crippen LogP contribution in [0.5, 0.6) is 0 Å². The Kier molecular flexibility index (Phi) is 4.35. The number of hydrogen-bond donors (Lipinski definition) is 1. The molecule has 0 aliphatic rings. The fraction of sp³-hybridized carbons (Fsp3) is 0.857. The molecule has 0 fully saturated rings. The van der Waals surface area contributed by atoms with Gasteiger partial charge in [0.25, 0.3) is 10.1 Å². The van der Waals surface area contributed by atoms with Crippen molar-refractivity contribution < 1.29 is 17.8 Å². The van der Waals surface area contributed by atoms with E-state index in [-0.39, 0.29) is 12.3 Å². The van der Waals surface area contributed by atoms with E-state index in [1.807, 2.05) is 0 Å². The Morgan fingerprint density at radius 2 is 1.93 bits per heavy atom. The Labute approximate surface area is 88.9 Å². The fourth-order valence-corrected chi connectivity index (χ4v) is 2.25. The van der Waals surface area contributed by atoms with Crippen molar-refractivity contribution >= 4 is 27.8 Å². The highest BCUT2D eigenvalue weighted by Crippen LogP contribution is 2.20. The van der Waals surface area contributed by atoms with Gasteiger partial charge in [-0.25, -0.2) is 4.42 Å². The Bertz CT molecular complexity index is 312. The van der Waals surface area contributed by atoms with E-state index in [9.17, 15) is 13.2 Å². The van der Waals surface area contributed by atoms with Gasteiger partial charge in [-0.05, 0) is 13.8 Å². The van der Waals surface area contributed by atoms with Gasteiger partial charge in [0.1, 0.15) is 0 Å². The van der Waals surface area contributed by atoms with Gasteiger partial charge >= 0.3 is 0 Å². The maximum atomic E-state index is 11.2. The number of nitrogens with zero attached hydrogens (tertiary/aromatic N) is 1. The Balaban J connectivity index is 4.70. The molecule has 0 aromatic heterocycles. The lowest BCUT2D eigenvalue weighted by molar-refractivity contribution is -0.129. The van der Waals surface area contributed by atoms with Crippen LogP contribution >= 0.6 is 11.8 Å². The third kappa shape index (κ3) is 4.26. The third-order valence-corrected chi connectivity index (χ3v) is 3.31. The number of amides is 1. The van der Waals surface area contributed by atoms with E-state index in [0.29, 0.717) is 0 Å². The van der Waals surface area contributed by atoms with Gasteiger partial charge < -0.3 is 0 Å². The smallest absolute Gasteiger partial charge is 0.267 e. The molecule has 5 nitrogen and oxygen atoms in total. The van der Waals surface area contributed by atoms with Gasteiger partial charge in [0.2, 0.25) is 5.91 Å². The van der Waals surface area contributed by atoms with Crippen LogP contribution in [0.25, 0.3) is 0 Å². The fourth-order valence-electron chi connectivity index (χ4n) is 0.979. The first kappa shape index (κ1) is 13.7. The summed E-state index contributed by atoms with van der Waals surface area (Å²) in [6, 6.07) is 0. The predicted octanol–water partition coefficient (Wildman–Crippen LogP) is 1.05. The van der Waals surface area contributed by atoms with Crippen molar-refractivity contribution in [3.63, 3.8) is 0 Å². The Morgan fingerprint density at radius 3 is 2.21 bits per heavy atom. The first-order valence-electron chi connectivity index (χ1n) is 4.04. The molecule has 0 aromatic carbocycles. The molecule has 0 radical (unpaired) electrons. The summed E-state index contributed by atoms with van der Waals surface area (Å²) in [5.41, 5.74) is -1.12. The van der Waals surface area contributed by atoms with Crippen LogP contribution < -0.4 is 0 Å². The molecule has 0 saturated carbocycles. The first-order valence-corrected chi connectivity index (χ1v) is 5.99. The number of hydrogen-bond acceptors (Lipinski definition) is 3. The summed E-state index contributed by atoms with van der Waals surface area (Å²) in [4.78, 5) is 11.2. The largest absolute Gasteiger partial charge is 0.285 e. The van der Waals surface area contributed by atoms with E-state index in [2.05, 4.69) is 0 Å². The number of carbonyl (C=O) groups excluding carboxylic acids is 1. The van der Waals surface area contributed by atoms with Crippen LogP contribution in [0.4, 0.5) is 0 Å². The summed E-state index contributed by atoms with van der Waals surface area (Å²) >= 11 is 5.64. The molecule has 14 heavy (non-hydrogen) atoms. The van der Waals surface area contributed by atoms with Gasteiger partial charge in [-0.2, -0.15) is 8.42 Å². The van der Waals surface area contributed by atoms with Gasteiger partial charge in [-0.15, -0.1) is 0 Å². The molecule has 0 spiro atoms. The maximum absolute atomic E-state index is 11.2. The van der Waals surface area contributed by atoms with E-state index in [0.717, 1.165) is 4.42 Å². The van der Waals surface area contributed by atoms with Crippen molar-refractivity contribution in [2.75, 3.05) is 5.75 Å². The zero-order valence-electron chi connectivity index (χ0n) is 8.32. The number of rotatable bonds is 4. The minimum absolute atomic E-state index is 0.179. The van der Waals surface area contributed by atoms with Crippen molar-refractivity contribution in [3.8, 4) is 0 Å². The first-order chi connectivity index (χ1) is 6.10. The highest BCUT2D eigenvalue weighted by Gasteiger charge is 2.33. The van der Waals surface area contributed by atoms with Crippen molar-refractivity contribution in [2.45, 2.75) is 32.7 Å². The molecule has 1 N–H and O–H groups in total. The average molecular weight is 244 g/mol. The number of halogens is 1. The van der Waals surface area contributed by atoms with Crippen LogP contribution in [0, 0.1) is 0 Å². The minimum Gasteiger partial charge on any atom is -0.285 e. The topological polar surface area (TPSA) is 74.7 Å². The summed E-state index contributed by atoms with van der Waals surface area (Å²) in [7, 11) is -4.15. The highest BCUT2D eigenvalue weighted by atomic mass is 35.5. The molecule has 84 valence electrons. The van der Waals surface area contributed by atoms with E-state index in [1.165, 1.54) is 13.8 Å². The van der Waals surface area contributed by atoms with Gasteiger partial charge in [0, 0.05) is 18.2 Å². The molecule has 0 saturated heterocycles. The molecule has 1 amide bonds. The van der Waals surface area contributed by atoms with Crippen molar-refractivity contribution in [1.29, 1.82) is 0 Å². The standard InChI is InChI=1S/C7H14ClNO4S/c1-4-6(10)9(8)7(2,3)5-14(11,12)13/h4-5H2,1-3H3,(H,11,12,13). The van der Waals surface area contributed by atoms with E-state index in [1.54, 1.807) is 6.92 Å². The second-order valence-corrected chi connectivity index (χ2v) is 5.36. The van der Waals surface area contributed by atoms with Crippen molar-refractivity contribution in [3.05, 3.63) is 0 Å². The zero-order chi connectivity index (χ0) is 11.6. The average Bonchev–Trinajstić information content (AvgIpc) is 1.97. The Hall–Kier alpha value is -0.330. The molecule has 0 heterocycles. The van der Waals surface area contributed by atoms with Gasteiger partial charge in [0.15, 0.2) is 0 Å². The monoisotopic (exact) mass is 243 g/mol. The molecule has 0 unspecified atom stereocenters. The highest BCUT2D eigenvalue weighted by molar-refractivity contribution is 7.85. The summed E-state index contributed by atoms with van der Waals surface area (Å²) in [6.07, 6.45) is 0.179. The van der Waals surface area contributed by atoms with Crippen molar-refractivity contribution in [1.82, 2.24) is 4.42 Å². The molecule has 0 atom stereocenters.